The van der Waals surface area contributed by atoms with Crippen molar-refractivity contribution in [3.8, 4) is 11.4 Å². The second-order valence-electron chi connectivity index (χ2n) is 6.45. The molecule has 1 aliphatic rings. The van der Waals surface area contributed by atoms with Gasteiger partial charge in [-0.2, -0.15) is 0 Å². The monoisotopic (exact) mass is 367 g/mol. The average molecular weight is 367 g/mol. The van der Waals surface area contributed by atoms with E-state index in [1.165, 1.54) is 11.8 Å². The number of rotatable bonds is 7. The second kappa shape index (κ2) is 6.99. The Labute approximate surface area is 156 Å². The van der Waals surface area contributed by atoms with Crippen LogP contribution in [0.15, 0.2) is 48.3 Å². The predicted octanol–water partition coefficient (Wildman–Crippen LogP) is 3.54. The summed E-state index contributed by atoms with van der Waals surface area (Å²) < 4.78 is 2.19. The zero-order valence-corrected chi connectivity index (χ0v) is 15.4. The maximum Gasteiger partial charge on any atom is 0.233 e. The quantitative estimate of drug-likeness (QED) is 0.495. The van der Waals surface area contributed by atoms with Crippen LogP contribution in [0, 0.1) is 0 Å². The third-order valence-electron chi connectivity index (χ3n) is 4.48. The number of thioether (sulfide) groups is 1. The largest absolute Gasteiger partial charge is 0.360 e. The molecule has 3 aromatic rings. The Balaban J connectivity index is 1.66. The van der Waals surface area contributed by atoms with E-state index in [0.29, 0.717) is 12.6 Å². The molecular weight excluding hydrogens is 346 g/mol. The van der Waals surface area contributed by atoms with Gasteiger partial charge in [0.1, 0.15) is 0 Å². The van der Waals surface area contributed by atoms with Gasteiger partial charge in [0.05, 0.1) is 5.25 Å². The second-order valence-corrected chi connectivity index (χ2v) is 7.76. The molecule has 7 heteroatoms. The van der Waals surface area contributed by atoms with Gasteiger partial charge in [-0.1, -0.05) is 36.0 Å². The Morgan fingerprint density at radius 3 is 3.04 bits per heavy atom. The van der Waals surface area contributed by atoms with Gasteiger partial charge in [0, 0.05) is 35.2 Å². The summed E-state index contributed by atoms with van der Waals surface area (Å²) >= 11 is 1.45. The first kappa shape index (κ1) is 16.9. The van der Waals surface area contributed by atoms with Crippen LogP contribution in [0.3, 0.4) is 0 Å². The lowest BCUT2D eigenvalue weighted by molar-refractivity contribution is -0.120. The maximum atomic E-state index is 12.2. The number of para-hydroxylation sites is 1. The topological polar surface area (TPSA) is 75.6 Å². The molecule has 0 bridgehead atoms. The van der Waals surface area contributed by atoms with E-state index in [0.717, 1.165) is 40.3 Å². The minimum atomic E-state index is -0.243. The van der Waals surface area contributed by atoms with Crippen LogP contribution in [-0.2, 0) is 4.79 Å². The molecule has 1 saturated carbocycles. The van der Waals surface area contributed by atoms with Crippen molar-refractivity contribution >= 4 is 28.6 Å². The molecule has 2 aromatic heterocycles. The number of carbonyl (C=O) groups excluding carboxylic acids is 1. The molecule has 2 heterocycles. The van der Waals surface area contributed by atoms with Gasteiger partial charge in [0.25, 0.3) is 0 Å². The van der Waals surface area contributed by atoms with E-state index in [4.69, 9.17) is 0 Å². The molecule has 0 unspecified atom stereocenters. The lowest BCUT2D eigenvalue weighted by atomic mass is 10.1. The van der Waals surface area contributed by atoms with Gasteiger partial charge in [-0.3, -0.25) is 9.36 Å². The number of aromatic amines is 1. The molecule has 1 amide bonds. The summed E-state index contributed by atoms with van der Waals surface area (Å²) in [6, 6.07) is 8.60. The molecule has 1 aliphatic carbocycles. The maximum absolute atomic E-state index is 12.2. The average Bonchev–Trinajstić information content (AvgIpc) is 3.27. The summed E-state index contributed by atoms with van der Waals surface area (Å²) in [4.78, 5) is 15.5. The Bertz CT molecular complexity index is 956. The lowest BCUT2D eigenvalue weighted by Crippen LogP contribution is -2.31. The van der Waals surface area contributed by atoms with E-state index < -0.39 is 0 Å². The zero-order chi connectivity index (χ0) is 18.1. The van der Waals surface area contributed by atoms with Crippen molar-refractivity contribution in [2.75, 3.05) is 6.54 Å². The molecule has 0 aliphatic heterocycles. The zero-order valence-electron chi connectivity index (χ0n) is 14.6. The Kier molecular flexibility index (Phi) is 4.55. The lowest BCUT2D eigenvalue weighted by Gasteiger charge is -2.12. The summed E-state index contributed by atoms with van der Waals surface area (Å²) in [5.74, 6) is 0.847. The summed E-state index contributed by atoms with van der Waals surface area (Å²) in [6.45, 7) is 5.99. The van der Waals surface area contributed by atoms with Gasteiger partial charge in [-0.15, -0.1) is 16.8 Å². The number of aromatic nitrogens is 4. The van der Waals surface area contributed by atoms with Gasteiger partial charge in [0.2, 0.25) is 5.91 Å². The molecule has 1 fully saturated rings. The highest BCUT2D eigenvalue weighted by Gasteiger charge is 2.32. The molecule has 0 spiro atoms. The fourth-order valence-corrected chi connectivity index (χ4v) is 3.93. The van der Waals surface area contributed by atoms with Crippen LogP contribution in [0.2, 0.25) is 0 Å². The molecule has 2 N–H and O–H groups in total. The molecule has 0 radical (unpaired) electrons. The summed E-state index contributed by atoms with van der Waals surface area (Å²) in [7, 11) is 0. The van der Waals surface area contributed by atoms with Crippen LogP contribution in [0.1, 0.15) is 25.8 Å². The van der Waals surface area contributed by atoms with Crippen LogP contribution >= 0.6 is 11.8 Å². The van der Waals surface area contributed by atoms with Crippen molar-refractivity contribution in [1.29, 1.82) is 0 Å². The van der Waals surface area contributed by atoms with Crippen molar-refractivity contribution in [2.45, 2.75) is 36.2 Å². The van der Waals surface area contributed by atoms with E-state index >= 15 is 0 Å². The number of fused-ring (bicyclic) bond motifs is 1. The number of H-pyrrole nitrogens is 1. The molecule has 0 saturated heterocycles. The van der Waals surface area contributed by atoms with Gasteiger partial charge in [0.15, 0.2) is 11.0 Å². The fourth-order valence-electron chi connectivity index (χ4n) is 2.99. The van der Waals surface area contributed by atoms with Gasteiger partial charge in [-0.05, 0) is 25.8 Å². The smallest absolute Gasteiger partial charge is 0.233 e. The molecule has 1 aromatic carbocycles. The SMILES string of the molecule is C=CCNC(=O)[C@@H](C)Sc1nnc(-c2c[nH]c3ccccc23)n1C1CC1. The van der Waals surface area contributed by atoms with Crippen molar-refractivity contribution in [1.82, 2.24) is 25.1 Å². The summed E-state index contributed by atoms with van der Waals surface area (Å²) in [5.41, 5.74) is 2.13. The van der Waals surface area contributed by atoms with Crippen LogP contribution in [0.25, 0.3) is 22.3 Å². The fraction of sp³-hybridized carbons (Fsp3) is 0.316. The van der Waals surface area contributed by atoms with E-state index in [-0.39, 0.29) is 11.2 Å². The van der Waals surface area contributed by atoms with Crippen molar-refractivity contribution < 1.29 is 4.79 Å². The third kappa shape index (κ3) is 3.14. The van der Waals surface area contributed by atoms with Crippen molar-refractivity contribution in [2.24, 2.45) is 0 Å². The highest BCUT2D eigenvalue weighted by molar-refractivity contribution is 8.00. The summed E-state index contributed by atoms with van der Waals surface area (Å²) in [5, 5.41) is 13.4. The predicted molar refractivity (Wildman–Crippen MR) is 104 cm³/mol. The number of nitrogens with one attached hydrogen (secondary N) is 2. The normalized spacial score (nSPS) is 15.1. The van der Waals surface area contributed by atoms with Crippen LogP contribution in [0.5, 0.6) is 0 Å². The third-order valence-corrected chi connectivity index (χ3v) is 5.54. The first-order valence-corrected chi connectivity index (χ1v) is 9.63. The minimum Gasteiger partial charge on any atom is -0.360 e. The van der Waals surface area contributed by atoms with Crippen LogP contribution < -0.4 is 5.32 Å². The molecular formula is C19H21N5OS. The molecule has 6 nitrogen and oxygen atoms in total. The molecule has 1 atom stereocenters. The van der Waals surface area contributed by atoms with Gasteiger partial charge < -0.3 is 10.3 Å². The van der Waals surface area contributed by atoms with Crippen molar-refractivity contribution in [3.05, 3.63) is 43.1 Å². The molecule has 26 heavy (non-hydrogen) atoms. The minimum absolute atomic E-state index is 0.0195. The Morgan fingerprint density at radius 2 is 2.27 bits per heavy atom. The summed E-state index contributed by atoms with van der Waals surface area (Å²) in [6.07, 6.45) is 5.91. The van der Waals surface area contributed by atoms with E-state index in [1.807, 2.05) is 25.3 Å². The van der Waals surface area contributed by atoms with E-state index in [9.17, 15) is 4.79 Å². The van der Waals surface area contributed by atoms with Gasteiger partial charge in [-0.25, -0.2) is 0 Å². The Hall–Kier alpha value is -2.54. The molecule has 134 valence electrons. The highest BCUT2D eigenvalue weighted by atomic mass is 32.2. The number of carbonyl (C=O) groups is 1. The van der Waals surface area contributed by atoms with E-state index in [2.05, 4.69) is 43.8 Å². The number of benzene rings is 1. The highest BCUT2D eigenvalue weighted by Crippen LogP contribution is 2.42. The van der Waals surface area contributed by atoms with Crippen LogP contribution in [-0.4, -0.2) is 37.5 Å². The molecule has 4 rings (SSSR count). The van der Waals surface area contributed by atoms with Gasteiger partial charge >= 0.3 is 0 Å². The Morgan fingerprint density at radius 1 is 1.46 bits per heavy atom. The number of hydrogen-bond donors (Lipinski definition) is 2. The van der Waals surface area contributed by atoms with Crippen molar-refractivity contribution in [3.63, 3.8) is 0 Å². The van der Waals surface area contributed by atoms with Crippen LogP contribution in [0.4, 0.5) is 0 Å². The first-order valence-electron chi connectivity index (χ1n) is 8.75. The first-order chi connectivity index (χ1) is 12.7. The number of amides is 1. The number of hydrogen-bond acceptors (Lipinski definition) is 4. The standard InChI is InChI=1S/C19H21N5OS/c1-3-10-20-18(25)12(2)26-19-23-22-17(24(19)13-8-9-13)15-11-21-16-7-5-4-6-14(15)16/h3-7,11-13,21H,1,8-10H2,2H3,(H,20,25)/t12-/m1/s1. The van der Waals surface area contributed by atoms with E-state index in [1.54, 1.807) is 6.08 Å². The number of nitrogens with zero attached hydrogens (tertiary/aromatic N) is 3.